The van der Waals surface area contributed by atoms with Crippen molar-refractivity contribution in [3.05, 3.63) is 4.60 Å². The number of rotatable bonds is 5. The number of carboxylic acid groups (broad SMARTS) is 1. The molecular formula is C11H17BrN4O4S. The van der Waals surface area contributed by atoms with E-state index in [0.29, 0.717) is 12.8 Å². The van der Waals surface area contributed by atoms with Crippen LogP contribution in [-0.2, 0) is 21.9 Å². The van der Waals surface area contributed by atoms with Gasteiger partial charge >= 0.3 is 5.97 Å². The van der Waals surface area contributed by atoms with Crippen LogP contribution in [0.2, 0.25) is 0 Å². The van der Waals surface area contributed by atoms with Crippen LogP contribution in [0.1, 0.15) is 32.1 Å². The number of hydrogen-bond acceptors (Lipinski definition) is 5. The Balaban J connectivity index is 2.19. The normalized spacial score (nSPS) is 18.6. The number of carbonyl (C=O) groups is 1. The summed E-state index contributed by atoms with van der Waals surface area (Å²) in [7, 11) is -2.41. The highest BCUT2D eigenvalue weighted by molar-refractivity contribution is 9.10. The largest absolute Gasteiger partial charge is 0.481 e. The maximum absolute atomic E-state index is 12.3. The van der Waals surface area contributed by atoms with Gasteiger partial charge in [-0.2, -0.15) is 0 Å². The number of hydrogen-bond donors (Lipinski definition) is 2. The van der Waals surface area contributed by atoms with Gasteiger partial charge in [-0.1, -0.05) is 24.5 Å². The number of sulfonamides is 1. The van der Waals surface area contributed by atoms with Gasteiger partial charge in [-0.15, -0.1) is 5.10 Å². The monoisotopic (exact) mass is 380 g/mol. The van der Waals surface area contributed by atoms with Crippen LogP contribution in [0.15, 0.2) is 9.63 Å². The highest BCUT2D eigenvalue weighted by Crippen LogP contribution is 2.36. The number of aromatic nitrogens is 3. The van der Waals surface area contributed by atoms with Crippen molar-refractivity contribution >= 4 is 31.9 Å². The molecule has 1 heterocycles. The Morgan fingerprint density at radius 1 is 1.43 bits per heavy atom. The third kappa shape index (κ3) is 3.27. The number of halogens is 1. The van der Waals surface area contributed by atoms with E-state index in [2.05, 4.69) is 31.0 Å². The second-order valence-electron chi connectivity index (χ2n) is 5.28. The molecule has 1 aliphatic rings. The fourth-order valence-corrected chi connectivity index (χ4v) is 4.82. The summed E-state index contributed by atoms with van der Waals surface area (Å²) in [5.74, 6) is -0.952. The molecule has 0 aromatic carbocycles. The van der Waals surface area contributed by atoms with E-state index >= 15 is 0 Å². The third-order valence-electron chi connectivity index (χ3n) is 3.86. The number of nitrogens with zero attached hydrogens (tertiary/aromatic N) is 3. The number of aryl methyl sites for hydroxylation is 1. The molecule has 1 fully saturated rings. The van der Waals surface area contributed by atoms with Crippen molar-refractivity contribution < 1.29 is 18.3 Å². The number of aliphatic carboxylic acids is 1. The molecule has 10 heteroatoms. The van der Waals surface area contributed by atoms with Gasteiger partial charge in [0.1, 0.15) is 0 Å². The molecule has 1 aromatic rings. The predicted octanol–water partition coefficient (Wildman–Crippen LogP) is 0.891. The molecule has 0 amide bonds. The summed E-state index contributed by atoms with van der Waals surface area (Å²) < 4.78 is 28.2. The minimum atomic E-state index is -3.87. The van der Waals surface area contributed by atoms with Crippen molar-refractivity contribution in [1.29, 1.82) is 0 Å². The summed E-state index contributed by atoms with van der Waals surface area (Å²) in [4.78, 5) is 11.5. The minimum absolute atomic E-state index is 0.102. The molecule has 0 unspecified atom stereocenters. The molecular weight excluding hydrogens is 364 g/mol. The van der Waals surface area contributed by atoms with Crippen LogP contribution in [0, 0.1) is 5.41 Å². The van der Waals surface area contributed by atoms with E-state index < -0.39 is 21.4 Å². The molecule has 118 valence electrons. The van der Waals surface area contributed by atoms with Gasteiger partial charge in [-0.25, -0.2) is 17.8 Å². The Morgan fingerprint density at radius 3 is 2.52 bits per heavy atom. The van der Waals surface area contributed by atoms with E-state index in [1.807, 2.05) is 0 Å². The van der Waals surface area contributed by atoms with E-state index in [1.54, 1.807) is 0 Å². The number of nitrogens with one attached hydrogen (secondary N) is 1. The van der Waals surface area contributed by atoms with Crippen molar-refractivity contribution in [2.45, 2.75) is 37.1 Å². The average Bonchev–Trinajstić information content (AvgIpc) is 2.77. The first-order valence-electron chi connectivity index (χ1n) is 6.57. The molecule has 1 aliphatic carbocycles. The summed E-state index contributed by atoms with van der Waals surface area (Å²) in [6.45, 7) is -0.123. The zero-order valence-electron chi connectivity index (χ0n) is 11.5. The second-order valence-corrected chi connectivity index (χ2v) is 7.71. The van der Waals surface area contributed by atoms with Crippen LogP contribution in [0.3, 0.4) is 0 Å². The van der Waals surface area contributed by atoms with Gasteiger partial charge in [-0.3, -0.25) is 4.79 Å². The quantitative estimate of drug-likeness (QED) is 0.783. The van der Waals surface area contributed by atoms with Gasteiger partial charge in [-0.05, 0) is 28.8 Å². The maximum atomic E-state index is 12.3. The Hall–Kier alpha value is -1.00. The summed E-state index contributed by atoms with van der Waals surface area (Å²) in [5, 5.41) is 16.6. The molecule has 2 N–H and O–H groups in total. The SMILES string of the molecule is Cn1nnc(Br)c1S(=O)(=O)NCC1(C(=O)O)CCCCC1. The first-order chi connectivity index (χ1) is 9.78. The zero-order valence-corrected chi connectivity index (χ0v) is 13.9. The average molecular weight is 381 g/mol. The van der Waals surface area contributed by atoms with Crippen LogP contribution in [-0.4, -0.2) is 41.0 Å². The topological polar surface area (TPSA) is 114 Å². The lowest BCUT2D eigenvalue weighted by Gasteiger charge is -2.33. The molecule has 0 spiro atoms. The van der Waals surface area contributed by atoms with E-state index in [0.717, 1.165) is 23.9 Å². The van der Waals surface area contributed by atoms with Gasteiger partial charge < -0.3 is 5.11 Å². The molecule has 2 rings (SSSR count). The van der Waals surface area contributed by atoms with Gasteiger partial charge in [0.2, 0.25) is 5.03 Å². The molecule has 1 aromatic heterocycles. The molecule has 0 bridgehead atoms. The highest BCUT2D eigenvalue weighted by Gasteiger charge is 2.41. The summed E-state index contributed by atoms with van der Waals surface area (Å²) in [6.07, 6.45) is 3.54. The Labute approximate surface area is 131 Å². The van der Waals surface area contributed by atoms with E-state index in [-0.39, 0.29) is 16.2 Å². The molecule has 0 saturated heterocycles. The van der Waals surface area contributed by atoms with E-state index in [9.17, 15) is 18.3 Å². The smallest absolute Gasteiger partial charge is 0.310 e. The Kier molecular flexibility index (Phi) is 4.69. The molecule has 0 radical (unpaired) electrons. The first-order valence-corrected chi connectivity index (χ1v) is 8.84. The maximum Gasteiger partial charge on any atom is 0.310 e. The third-order valence-corrected chi connectivity index (χ3v) is 6.14. The predicted molar refractivity (Wildman–Crippen MR) is 77.0 cm³/mol. The van der Waals surface area contributed by atoms with Crippen LogP contribution in [0.25, 0.3) is 0 Å². The molecule has 8 nitrogen and oxygen atoms in total. The second kappa shape index (κ2) is 6.01. The fourth-order valence-electron chi connectivity index (χ4n) is 2.60. The van der Waals surface area contributed by atoms with Gasteiger partial charge in [0, 0.05) is 13.6 Å². The lowest BCUT2D eigenvalue weighted by molar-refractivity contribution is -0.150. The lowest BCUT2D eigenvalue weighted by Crippen LogP contribution is -2.44. The zero-order chi connectivity index (χ0) is 15.7. The van der Waals surface area contributed by atoms with Crippen molar-refractivity contribution in [2.75, 3.05) is 6.54 Å². The van der Waals surface area contributed by atoms with E-state index in [1.165, 1.54) is 7.05 Å². The van der Waals surface area contributed by atoms with E-state index in [4.69, 9.17) is 0 Å². The van der Waals surface area contributed by atoms with Gasteiger partial charge in [0.05, 0.1) is 5.41 Å². The summed E-state index contributed by atoms with van der Waals surface area (Å²) >= 11 is 3.03. The molecule has 1 saturated carbocycles. The van der Waals surface area contributed by atoms with Gasteiger partial charge in [0.15, 0.2) is 4.60 Å². The van der Waals surface area contributed by atoms with Crippen LogP contribution < -0.4 is 4.72 Å². The van der Waals surface area contributed by atoms with Crippen LogP contribution in [0.5, 0.6) is 0 Å². The van der Waals surface area contributed by atoms with Crippen molar-refractivity contribution in [2.24, 2.45) is 12.5 Å². The van der Waals surface area contributed by atoms with Crippen LogP contribution in [0.4, 0.5) is 0 Å². The molecule has 0 atom stereocenters. The lowest BCUT2D eigenvalue weighted by atomic mass is 9.74. The summed E-state index contributed by atoms with van der Waals surface area (Å²) in [6, 6.07) is 0. The molecule has 21 heavy (non-hydrogen) atoms. The van der Waals surface area contributed by atoms with Gasteiger partial charge in [0.25, 0.3) is 10.0 Å². The fraction of sp³-hybridized carbons (Fsp3) is 0.727. The standard InChI is InChI=1S/C11H17BrN4O4S/c1-16-9(8(12)14-15-16)21(19,20)13-7-11(10(17)18)5-3-2-4-6-11/h13H,2-7H2,1H3,(H,17,18). The van der Waals surface area contributed by atoms with Crippen molar-refractivity contribution in [1.82, 2.24) is 19.7 Å². The Morgan fingerprint density at radius 2 is 2.05 bits per heavy atom. The summed E-state index contributed by atoms with van der Waals surface area (Å²) in [5.41, 5.74) is -1.02. The number of carboxylic acids is 1. The van der Waals surface area contributed by atoms with Crippen molar-refractivity contribution in [3.8, 4) is 0 Å². The highest BCUT2D eigenvalue weighted by atomic mass is 79.9. The Bertz CT molecular complexity index is 617. The van der Waals surface area contributed by atoms with Crippen LogP contribution >= 0.6 is 15.9 Å². The molecule has 0 aliphatic heterocycles. The minimum Gasteiger partial charge on any atom is -0.481 e. The first kappa shape index (κ1) is 16.4. The van der Waals surface area contributed by atoms with Crippen molar-refractivity contribution in [3.63, 3.8) is 0 Å².